The number of amidine groups is 1. The lowest BCUT2D eigenvalue weighted by Gasteiger charge is -2.41. The van der Waals surface area contributed by atoms with Crippen molar-refractivity contribution in [3.63, 3.8) is 0 Å². The molecule has 0 saturated carbocycles. The van der Waals surface area contributed by atoms with Crippen LogP contribution in [0.25, 0.3) is 0 Å². The molecule has 0 spiro atoms. The van der Waals surface area contributed by atoms with Crippen molar-refractivity contribution in [1.82, 2.24) is 10.2 Å². The van der Waals surface area contributed by atoms with Crippen LogP contribution in [0, 0.1) is 5.41 Å². The summed E-state index contributed by atoms with van der Waals surface area (Å²) in [4.78, 5) is 14.5. The zero-order chi connectivity index (χ0) is 14.7. The Morgan fingerprint density at radius 2 is 2.00 bits per heavy atom. The fraction of sp³-hybridized carbons (Fsp3) is 0.846. The molecule has 1 saturated heterocycles. The lowest BCUT2D eigenvalue weighted by Crippen LogP contribution is -2.63. The smallest absolute Gasteiger partial charge is 0.226 e. The van der Waals surface area contributed by atoms with E-state index in [4.69, 9.17) is 10.9 Å². The van der Waals surface area contributed by atoms with Gasteiger partial charge in [0, 0.05) is 18.5 Å². The zero-order valence-electron chi connectivity index (χ0n) is 12.4. The molecular formula is C13H26N4O2. The van der Waals surface area contributed by atoms with Crippen molar-refractivity contribution < 1.29 is 10.0 Å². The van der Waals surface area contributed by atoms with Gasteiger partial charge < -0.3 is 21.2 Å². The maximum absolute atomic E-state index is 12.4. The van der Waals surface area contributed by atoms with Gasteiger partial charge in [-0.1, -0.05) is 25.9 Å². The van der Waals surface area contributed by atoms with E-state index in [1.807, 2.05) is 27.8 Å². The highest BCUT2D eigenvalue weighted by molar-refractivity contribution is 5.95. The maximum Gasteiger partial charge on any atom is 0.226 e. The number of nitrogens with one attached hydrogen (secondary N) is 1. The number of carbonyl (C=O) groups is 1. The highest BCUT2D eigenvalue weighted by Crippen LogP contribution is 2.26. The monoisotopic (exact) mass is 270 g/mol. The van der Waals surface area contributed by atoms with Gasteiger partial charge in [0.05, 0.1) is 0 Å². The molecule has 19 heavy (non-hydrogen) atoms. The maximum atomic E-state index is 12.4. The van der Waals surface area contributed by atoms with Crippen molar-refractivity contribution in [3.8, 4) is 0 Å². The molecule has 1 aliphatic rings. The van der Waals surface area contributed by atoms with Crippen LogP contribution in [0.2, 0.25) is 0 Å². The number of amides is 1. The zero-order valence-corrected chi connectivity index (χ0v) is 12.4. The minimum absolute atomic E-state index is 0.0499. The van der Waals surface area contributed by atoms with Crippen LogP contribution >= 0.6 is 0 Å². The van der Waals surface area contributed by atoms with Crippen molar-refractivity contribution in [2.24, 2.45) is 16.3 Å². The van der Waals surface area contributed by atoms with E-state index < -0.39 is 11.0 Å². The van der Waals surface area contributed by atoms with Crippen molar-refractivity contribution >= 4 is 11.7 Å². The Labute approximate surface area is 115 Å². The number of nitrogens with zero attached hydrogens (tertiary/aromatic N) is 2. The summed E-state index contributed by atoms with van der Waals surface area (Å²) >= 11 is 0. The second-order valence-electron chi connectivity index (χ2n) is 6.06. The number of rotatable bonds is 4. The van der Waals surface area contributed by atoms with Crippen LogP contribution in [0.5, 0.6) is 0 Å². The fourth-order valence-corrected chi connectivity index (χ4v) is 2.09. The molecule has 1 heterocycles. The highest BCUT2D eigenvalue weighted by atomic mass is 16.4. The molecular weight excluding hydrogens is 244 g/mol. The molecule has 0 aliphatic carbocycles. The first-order valence-electron chi connectivity index (χ1n) is 6.76. The van der Waals surface area contributed by atoms with Gasteiger partial charge in [-0.2, -0.15) is 0 Å². The van der Waals surface area contributed by atoms with E-state index >= 15 is 0 Å². The molecule has 6 heteroatoms. The number of hydrogen-bond donors (Lipinski definition) is 3. The van der Waals surface area contributed by atoms with Crippen LogP contribution < -0.4 is 11.1 Å². The van der Waals surface area contributed by atoms with E-state index in [0.717, 1.165) is 19.5 Å². The van der Waals surface area contributed by atoms with Gasteiger partial charge in [-0.05, 0) is 26.3 Å². The number of hydrogen-bond acceptors (Lipinski definition) is 4. The SMILES string of the molecule is CCC(C)(C)C(=O)NC1(C(N)=NO)CCN(C)CC1. The van der Waals surface area contributed by atoms with Crippen LogP contribution in [0.4, 0.5) is 0 Å². The summed E-state index contributed by atoms with van der Waals surface area (Å²) in [5.74, 6) is 0.0482. The summed E-state index contributed by atoms with van der Waals surface area (Å²) in [6, 6.07) is 0. The predicted molar refractivity (Wildman–Crippen MR) is 75.1 cm³/mol. The molecule has 6 nitrogen and oxygen atoms in total. The number of likely N-dealkylation sites (tertiary alicyclic amines) is 1. The molecule has 1 fully saturated rings. The average molecular weight is 270 g/mol. The summed E-state index contributed by atoms with van der Waals surface area (Å²) in [6.45, 7) is 7.39. The first-order chi connectivity index (χ1) is 8.77. The van der Waals surface area contributed by atoms with Gasteiger partial charge in [0.15, 0.2) is 5.84 Å². The highest BCUT2D eigenvalue weighted by Gasteiger charge is 2.41. The fourth-order valence-electron chi connectivity index (χ4n) is 2.09. The largest absolute Gasteiger partial charge is 0.409 e. The van der Waals surface area contributed by atoms with Crippen LogP contribution in [0.1, 0.15) is 40.0 Å². The minimum Gasteiger partial charge on any atom is -0.409 e. The van der Waals surface area contributed by atoms with Crippen LogP contribution in [-0.2, 0) is 4.79 Å². The van der Waals surface area contributed by atoms with E-state index in [1.165, 1.54) is 0 Å². The number of nitrogens with two attached hydrogens (primary N) is 1. The second kappa shape index (κ2) is 5.77. The average Bonchev–Trinajstić information content (AvgIpc) is 2.40. The third-order valence-electron chi connectivity index (χ3n) is 4.29. The van der Waals surface area contributed by atoms with Gasteiger partial charge in [0.1, 0.15) is 5.54 Å². The summed E-state index contributed by atoms with van der Waals surface area (Å²) < 4.78 is 0. The van der Waals surface area contributed by atoms with E-state index in [2.05, 4.69) is 15.4 Å². The predicted octanol–water partition coefficient (Wildman–Crippen LogP) is 0.750. The van der Waals surface area contributed by atoms with Crippen LogP contribution in [0.15, 0.2) is 5.16 Å². The Kier molecular flexibility index (Phi) is 4.79. The molecule has 110 valence electrons. The molecule has 0 aromatic carbocycles. The molecule has 1 aliphatic heterocycles. The first kappa shape index (κ1) is 15.8. The molecule has 0 aromatic heterocycles. The topological polar surface area (TPSA) is 91.0 Å². The Hall–Kier alpha value is -1.30. The second-order valence-corrected chi connectivity index (χ2v) is 6.06. The molecule has 0 bridgehead atoms. The summed E-state index contributed by atoms with van der Waals surface area (Å²) in [5, 5.41) is 15.1. The summed E-state index contributed by atoms with van der Waals surface area (Å²) in [6.07, 6.45) is 2.06. The van der Waals surface area contributed by atoms with Gasteiger partial charge in [0.25, 0.3) is 0 Å². The normalized spacial score (nSPS) is 21.2. The number of carbonyl (C=O) groups excluding carboxylic acids is 1. The molecule has 4 N–H and O–H groups in total. The number of piperidine rings is 1. The Morgan fingerprint density at radius 1 is 1.47 bits per heavy atom. The van der Waals surface area contributed by atoms with Gasteiger partial charge in [-0.3, -0.25) is 4.79 Å². The summed E-state index contributed by atoms with van der Waals surface area (Å²) in [5.41, 5.74) is 4.66. The van der Waals surface area contributed by atoms with Crippen molar-refractivity contribution in [3.05, 3.63) is 0 Å². The van der Waals surface area contributed by atoms with Crippen molar-refractivity contribution in [2.45, 2.75) is 45.6 Å². The molecule has 1 amide bonds. The van der Waals surface area contributed by atoms with Gasteiger partial charge >= 0.3 is 0 Å². The Morgan fingerprint density at radius 3 is 2.42 bits per heavy atom. The molecule has 0 radical (unpaired) electrons. The molecule has 1 rings (SSSR count). The first-order valence-corrected chi connectivity index (χ1v) is 6.76. The quantitative estimate of drug-likeness (QED) is 0.304. The van der Waals surface area contributed by atoms with E-state index in [9.17, 15) is 4.79 Å². The lowest BCUT2D eigenvalue weighted by atomic mass is 9.83. The molecule has 0 aromatic rings. The van der Waals surface area contributed by atoms with Crippen LogP contribution in [0.3, 0.4) is 0 Å². The Bertz CT molecular complexity index is 358. The van der Waals surface area contributed by atoms with E-state index in [1.54, 1.807) is 0 Å². The van der Waals surface area contributed by atoms with Crippen LogP contribution in [-0.4, -0.2) is 47.5 Å². The Balaban J connectivity index is 2.91. The number of oxime groups is 1. The standard InChI is InChI=1S/C13H26N4O2/c1-5-12(2,3)11(18)15-13(10(14)16-19)6-8-17(4)9-7-13/h19H,5-9H2,1-4H3,(H2,14,16)(H,15,18). The van der Waals surface area contributed by atoms with Gasteiger partial charge in [0.2, 0.25) is 5.91 Å². The third-order valence-corrected chi connectivity index (χ3v) is 4.29. The summed E-state index contributed by atoms with van der Waals surface area (Å²) in [7, 11) is 2.02. The van der Waals surface area contributed by atoms with Crippen molar-refractivity contribution in [2.75, 3.05) is 20.1 Å². The lowest BCUT2D eigenvalue weighted by molar-refractivity contribution is -0.131. The van der Waals surface area contributed by atoms with E-state index in [-0.39, 0.29) is 11.7 Å². The minimum atomic E-state index is -0.717. The van der Waals surface area contributed by atoms with E-state index in [0.29, 0.717) is 12.8 Å². The molecule has 0 atom stereocenters. The van der Waals surface area contributed by atoms with Gasteiger partial charge in [-0.25, -0.2) is 0 Å². The van der Waals surface area contributed by atoms with Crippen molar-refractivity contribution in [1.29, 1.82) is 0 Å². The molecule has 0 unspecified atom stereocenters. The third kappa shape index (κ3) is 3.37. The van der Waals surface area contributed by atoms with Gasteiger partial charge in [-0.15, -0.1) is 0 Å².